The fourth-order valence-electron chi connectivity index (χ4n) is 6.96. The Hall–Kier alpha value is -3.29. The van der Waals surface area contributed by atoms with Gasteiger partial charge in [-0.15, -0.1) is 0 Å². The number of aryl methyl sites for hydroxylation is 1. The Morgan fingerprint density at radius 1 is 0.971 bits per heavy atom. The molecule has 1 aromatic carbocycles. The Labute approximate surface area is 198 Å². The van der Waals surface area contributed by atoms with E-state index in [0.717, 1.165) is 37.8 Å². The zero-order valence-electron chi connectivity index (χ0n) is 19.3. The van der Waals surface area contributed by atoms with E-state index >= 15 is 0 Å². The number of hydrogen-bond acceptors (Lipinski definition) is 6. The van der Waals surface area contributed by atoms with E-state index in [-0.39, 0.29) is 17.0 Å². The van der Waals surface area contributed by atoms with Crippen molar-refractivity contribution in [2.75, 3.05) is 13.2 Å². The molecule has 7 rings (SSSR count). The largest absolute Gasteiger partial charge is 0.486 e. The van der Waals surface area contributed by atoms with Gasteiger partial charge >= 0.3 is 6.09 Å². The third-order valence-electron chi connectivity index (χ3n) is 7.67. The highest BCUT2D eigenvalue weighted by atomic mass is 16.6. The van der Waals surface area contributed by atoms with Crippen LogP contribution in [0.3, 0.4) is 0 Å². The second-order valence-electron chi connectivity index (χ2n) is 10.5. The molecule has 2 amide bonds. The molecule has 4 saturated carbocycles. The van der Waals surface area contributed by atoms with Crippen molar-refractivity contribution in [3.8, 4) is 17.4 Å². The molecule has 5 aliphatic rings. The Kier molecular flexibility index (Phi) is 4.93. The van der Waals surface area contributed by atoms with Crippen LogP contribution in [0.4, 0.5) is 4.79 Å². The van der Waals surface area contributed by atoms with E-state index in [2.05, 4.69) is 15.6 Å². The van der Waals surface area contributed by atoms with Gasteiger partial charge in [0.1, 0.15) is 13.2 Å². The molecule has 2 atom stereocenters. The molecule has 1 aliphatic heterocycles. The van der Waals surface area contributed by atoms with Crippen molar-refractivity contribution in [2.45, 2.75) is 56.5 Å². The highest BCUT2D eigenvalue weighted by Crippen LogP contribution is 2.57. The van der Waals surface area contributed by atoms with Gasteiger partial charge in [0.15, 0.2) is 11.5 Å². The van der Waals surface area contributed by atoms with E-state index in [9.17, 15) is 9.59 Å². The number of fused-ring (bicyclic) bond motifs is 1. The van der Waals surface area contributed by atoms with Crippen LogP contribution in [-0.2, 0) is 0 Å². The summed E-state index contributed by atoms with van der Waals surface area (Å²) in [7, 11) is 0. The minimum Gasteiger partial charge on any atom is -0.486 e. The van der Waals surface area contributed by atoms with Gasteiger partial charge in [0.25, 0.3) is 5.91 Å². The molecular weight excluding hydrogens is 434 g/mol. The highest BCUT2D eigenvalue weighted by Gasteiger charge is 2.59. The maximum absolute atomic E-state index is 13.3. The van der Waals surface area contributed by atoms with Crippen LogP contribution in [0, 0.1) is 18.8 Å². The summed E-state index contributed by atoms with van der Waals surface area (Å²) in [5.41, 5.74) is 0.654. The lowest BCUT2D eigenvalue weighted by atomic mass is 9.50. The summed E-state index contributed by atoms with van der Waals surface area (Å²) in [4.78, 5) is 30.4. The van der Waals surface area contributed by atoms with Crippen LogP contribution in [0.15, 0.2) is 36.4 Å². The second-order valence-corrected chi connectivity index (χ2v) is 10.5. The molecular formula is C26H29N3O5. The Bertz CT molecular complexity index is 1140. The maximum atomic E-state index is 13.3. The molecule has 8 heteroatoms. The van der Waals surface area contributed by atoms with Gasteiger partial charge in [0.2, 0.25) is 5.88 Å². The van der Waals surface area contributed by atoms with Crippen LogP contribution < -0.4 is 24.8 Å². The first-order valence-electron chi connectivity index (χ1n) is 12.1. The van der Waals surface area contributed by atoms with Crippen LogP contribution in [-0.4, -0.2) is 41.3 Å². The zero-order valence-corrected chi connectivity index (χ0v) is 19.3. The first-order chi connectivity index (χ1) is 16.4. The summed E-state index contributed by atoms with van der Waals surface area (Å²) in [6.07, 6.45) is 5.10. The first-order valence-corrected chi connectivity index (χ1v) is 12.1. The van der Waals surface area contributed by atoms with Gasteiger partial charge in [-0.25, -0.2) is 9.78 Å². The summed E-state index contributed by atoms with van der Waals surface area (Å²) in [5, 5.41) is 6.55. The Morgan fingerprint density at radius 3 is 2.41 bits per heavy atom. The molecule has 8 nitrogen and oxygen atoms in total. The summed E-state index contributed by atoms with van der Waals surface area (Å²) < 4.78 is 16.7. The molecule has 0 radical (unpaired) electrons. The van der Waals surface area contributed by atoms with E-state index in [1.807, 2.05) is 19.1 Å². The topological polar surface area (TPSA) is 98.8 Å². The van der Waals surface area contributed by atoms with Gasteiger partial charge < -0.3 is 24.8 Å². The van der Waals surface area contributed by atoms with E-state index < -0.39 is 6.09 Å². The number of nitrogens with zero attached hydrogens (tertiary/aromatic N) is 1. The number of ether oxygens (including phenoxy) is 3. The van der Waals surface area contributed by atoms with Crippen molar-refractivity contribution in [3.63, 3.8) is 0 Å². The summed E-state index contributed by atoms with van der Waals surface area (Å²) in [5.74, 6) is 2.40. The summed E-state index contributed by atoms with van der Waals surface area (Å²) in [6, 6.07) is 10.7. The van der Waals surface area contributed by atoms with Crippen LogP contribution in [0.5, 0.6) is 17.4 Å². The van der Waals surface area contributed by atoms with E-state index in [0.29, 0.717) is 54.4 Å². The molecule has 2 heterocycles. The number of hydrogen-bond donors (Lipinski definition) is 2. The van der Waals surface area contributed by atoms with Crippen molar-refractivity contribution in [3.05, 3.63) is 47.7 Å². The van der Waals surface area contributed by atoms with Crippen molar-refractivity contribution < 1.29 is 23.8 Å². The van der Waals surface area contributed by atoms with Crippen molar-refractivity contribution >= 4 is 12.0 Å². The van der Waals surface area contributed by atoms with Crippen molar-refractivity contribution in [1.82, 2.24) is 15.6 Å². The number of carbonyl (C=O) groups excluding carboxylic acids is 2. The highest BCUT2D eigenvalue weighted by molar-refractivity contribution is 5.95. The third-order valence-corrected chi connectivity index (χ3v) is 7.67. The van der Waals surface area contributed by atoms with Crippen molar-refractivity contribution in [1.29, 1.82) is 0 Å². The van der Waals surface area contributed by atoms with Gasteiger partial charge in [-0.05, 0) is 81.5 Å². The average Bonchev–Trinajstić information content (AvgIpc) is 2.77. The lowest BCUT2D eigenvalue weighted by Crippen LogP contribution is -2.70. The van der Waals surface area contributed by atoms with Gasteiger partial charge in [0, 0.05) is 28.4 Å². The monoisotopic (exact) mass is 463 g/mol. The number of aromatic nitrogens is 1. The van der Waals surface area contributed by atoms with Gasteiger partial charge in [-0.1, -0.05) is 6.07 Å². The first kappa shape index (κ1) is 21.3. The van der Waals surface area contributed by atoms with Gasteiger partial charge in [-0.2, -0.15) is 0 Å². The minimum atomic E-state index is -0.478. The number of rotatable bonds is 4. The molecule has 2 unspecified atom stereocenters. The maximum Gasteiger partial charge on any atom is 0.414 e. The smallest absolute Gasteiger partial charge is 0.414 e. The molecule has 2 aromatic rings. The predicted molar refractivity (Wildman–Crippen MR) is 123 cm³/mol. The van der Waals surface area contributed by atoms with E-state index in [4.69, 9.17) is 14.2 Å². The molecule has 4 bridgehead atoms. The van der Waals surface area contributed by atoms with Crippen LogP contribution in [0.25, 0.3) is 0 Å². The summed E-state index contributed by atoms with van der Waals surface area (Å²) >= 11 is 0. The Balaban J connectivity index is 1.18. The molecule has 4 fully saturated rings. The molecule has 0 saturated heterocycles. The molecule has 0 spiro atoms. The van der Waals surface area contributed by atoms with Crippen LogP contribution >= 0.6 is 0 Å². The van der Waals surface area contributed by atoms with E-state index in [1.165, 1.54) is 0 Å². The quantitative estimate of drug-likeness (QED) is 0.716. The number of pyridine rings is 1. The fourth-order valence-corrected chi connectivity index (χ4v) is 6.96. The number of carbonyl (C=O) groups is 2. The standard InChI is InChI=1S/C26H29N3O5/c1-16-3-2-4-22(27-16)34-24(31)29-26-13-17-9-18(14-26)12-25(11-17,15-26)28-23(30)19-5-6-20-21(10-19)33-8-7-32-20/h2-6,10,17-18H,7-9,11-15H2,1H3,(H,28,30)(H,29,31). The third kappa shape index (κ3) is 3.95. The van der Waals surface area contributed by atoms with Crippen LogP contribution in [0.1, 0.15) is 54.6 Å². The van der Waals surface area contributed by atoms with Crippen molar-refractivity contribution in [2.24, 2.45) is 11.8 Å². The van der Waals surface area contributed by atoms with Gasteiger partial charge in [-0.3, -0.25) is 4.79 Å². The van der Waals surface area contributed by atoms with Crippen LogP contribution in [0.2, 0.25) is 0 Å². The lowest BCUT2D eigenvalue weighted by Gasteiger charge is -2.62. The zero-order chi connectivity index (χ0) is 23.3. The predicted octanol–water partition coefficient (Wildman–Crippen LogP) is 3.77. The molecule has 34 heavy (non-hydrogen) atoms. The van der Waals surface area contributed by atoms with E-state index in [1.54, 1.807) is 24.3 Å². The molecule has 4 aliphatic carbocycles. The number of nitrogens with one attached hydrogen (secondary N) is 2. The number of benzene rings is 1. The average molecular weight is 464 g/mol. The Morgan fingerprint density at radius 2 is 1.68 bits per heavy atom. The molecule has 178 valence electrons. The summed E-state index contributed by atoms with van der Waals surface area (Å²) in [6.45, 7) is 2.85. The second kappa shape index (κ2) is 7.89. The normalized spacial score (nSPS) is 30.5. The number of amides is 2. The fraction of sp³-hybridized carbons (Fsp3) is 0.500. The molecule has 1 aromatic heterocycles. The lowest BCUT2D eigenvalue weighted by molar-refractivity contribution is -0.0449. The molecule has 2 N–H and O–H groups in total. The SMILES string of the molecule is Cc1cccc(OC(=O)NC23CC4CC(C2)CC(NC(=O)c2ccc5c(c2)OCCO5)(C4)C3)n1. The van der Waals surface area contributed by atoms with Gasteiger partial charge in [0.05, 0.1) is 0 Å². The minimum absolute atomic E-state index is 0.111.